The standard InChI is InChI=1S/C16H18FNO2/c1-18-10-14-9-15(17)7-8-16(14)20-12-19-11-13-5-3-2-4-6-13/h2-9,18H,10-12H2,1H3. The zero-order valence-corrected chi connectivity index (χ0v) is 11.4. The van der Waals surface area contributed by atoms with Gasteiger partial charge in [-0.25, -0.2) is 4.39 Å². The van der Waals surface area contributed by atoms with Gasteiger partial charge in [0, 0.05) is 12.1 Å². The molecule has 0 saturated carbocycles. The average Bonchev–Trinajstić information content (AvgIpc) is 2.47. The van der Waals surface area contributed by atoms with Gasteiger partial charge >= 0.3 is 0 Å². The normalized spacial score (nSPS) is 10.5. The Morgan fingerprint density at radius 3 is 2.65 bits per heavy atom. The van der Waals surface area contributed by atoms with E-state index in [0.29, 0.717) is 18.9 Å². The van der Waals surface area contributed by atoms with E-state index in [1.165, 1.54) is 12.1 Å². The summed E-state index contributed by atoms with van der Waals surface area (Å²) >= 11 is 0. The Bertz CT molecular complexity index is 531. The minimum Gasteiger partial charge on any atom is -0.467 e. The second kappa shape index (κ2) is 7.62. The van der Waals surface area contributed by atoms with Crippen LogP contribution in [0.25, 0.3) is 0 Å². The first kappa shape index (κ1) is 14.5. The smallest absolute Gasteiger partial charge is 0.189 e. The van der Waals surface area contributed by atoms with Crippen LogP contribution >= 0.6 is 0 Å². The van der Waals surface area contributed by atoms with E-state index in [2.05, 4.69) is 5.32 Å². The molecule has 0 fully saturated rings. The highest BCUT2D eigenvalue weighted by Gasteiger charge is 2.04. The van der Waals surface area contributed by atoms with E-state index in [-0.39, 0.29) is 12.6 Å². The van der Waals surface area contributed by atoms with Crippen LogP contribution in [0.3, 0.4) is 0 Å². The first-order valence-corrected chi connectivity index (χ1v) is 6.47. The summed E-state index contributed by atoms with van der Waals surface area (Å²) in [6, 6.07) is 14.3. The van der Waals surface area contributed by atoms with E-state index in [1.807, 2.05) is 30.3 Å². The summed E-state index contributed by atoms with van der Waals surface area (Å²) < 4.78 is 24.2. The molecular formula is C16H18FNO2. The van der Waals surface area contributed by atoms with Crippen LogP contribution in [0.15, 0.2) is 48.5 Å². The molecule has 0 bridgehead atoms. The van der Waals surface area contributed by atoms with Crippen molar-refractivity contribution in [3.63, 3.8) is 0 Å². The minimum atomic E-state index is -0.271. The van der Waals surface area contributed by atoms with Crippen molar-refractivity contribution in [2.24, 2.45) is 0 Å². The molecule has 0 aromatic heterocycles. The Hall–Kier alpha value is -1.91. The lowest BCUT2D eigenvalue weighted by molar-refractivity contribution is 0.00446. The third-order valence-electron chi connectivity index (χ3n) is 2.80. The van der Waals surface area contributed by atoms with Crippen molar-refractivity contribution < 1.29 is 13.9 Å². The molecule has 0 aliphatic heterocycles. The van der Waals surface area contributed by atoms with Gasteiger partial charge in [0.1, 0.15) is 11.6 Å². The molecule has 2 aromatic rings. The Balaban J connectivity index is 1.84. The third kappa shape index (κ3) is 4.33. The van der Waals surface area contributed by atoms with Crippen LogP contribution in [0.4, 0.5) is 4.39 Å². The predicted molar refractivity (Wildman–Crippen MR) is 75.9 cm³/mol. The van der Waals surface area contributed by atoms with E-state index in [1.54, 1.807) is 13.1 Å². The van der Waals surface area contributed by atoms with Crippen LogP contribution in [0.1, 0.15) is 11.1 Å². The average molecular weight is 275 g/mol. The molecule has 0 saturated heterocycles. The molecular weight excluding hydrogens is 257 g/mol. The molecule has 0 aliphatic rings. The second-order valence-electron chi connectivity index (χ2n) is 4.38. The number of hydrogen-bond donors (Lipinski definition) is 1. The fourth-order valence-electron chi connectivity index (χ4n) is 1.86. The van der Waals surface area contributed by atoms with E-state index in [0.717, 1.165) is 11.1 Å². The van der Waals surface area contributed by atoms with Crippen molar-refractivity contribution in [3.8, 4) is 5.75 Å². The molecule has 1 N–H and O–H groups in total. The maximum atomic E-state index is 13.2. The quantitative estimate of drug-likeness (QED) is 0.622. The van der Waals surface area contributed by atoms with Crippen LogP contribution in [0.2, 0.25) is 0 Å². The summed E-state index contributed by atoms with van der Waals surface area (Å²) in [7, 11) is 1.81. The molecule has 0 aliphatic carbocycles. The molecule has 20 heavy (non-hydrogen) atoms. The van der Waals surface area contributed by atoms with Gasteiger partial charge in [-0.3, -0.25) is 0 Å². The third-order valence-corrected chi connectivity index (χ3v) is 2.80. The summed E-state index contributed by atoms with van der Waals surface area (Å²) in [6.45, 7) is 1.17. The SMILES string of the molecule is CNCc1cc(F)ccc1OCOCc1ccccc1. The Kier molecular flexibility index (Phi) is 5.53. The van der Waals surface area contributed by atoms with Gasteiger partial charge in [0.15, 0.2) is 6.79 Å². The fourth-order valence-corrected chi connectivity index (χ4v) is 1.86. The van der Waals surface area contributed by atoms with Crippen LogP contribution in [-0.2, 0) is 17.9 Å². The summed E-state index contributed by atoms with van der Waals surface area (Å²) in [5.74, 6) is 0.363. The molecule has 106 valence electrons. The van der Waals surface area contributed by atoms with Crippen LogP contribution in [0, 0.1) is 5.82 Å². The molecule has 0 heterocycles. The van der Waals surface area contributed by atoms with E-state index in [4.69, 9.17) is 9.47 Å². The van der Waals surface area contributed by atoms with E-state index >= 15 is 0 Å². The predicted octanol–water partition coefficient (Wildman–Crippen LogP) is 3.10. The Morgan fingerprint density at radius 2 is 1.90 bits per heavy atom. The highest BCUT2D eigenvalue weighted by Crippen LogP contribution is 2.19. The molecule has 0 amide bonds. The van der Waals surface area contributed by atoms with Gasteiger partial charge in [0.05, 0.1) is 6.61 Å². The van der Waals surface area contributed by atoms with Gasteiger partial charge < -0.3 is 14.8 Å². The summed E-state index contributed by atoms with van der Waals surface area (Å²) in [5.41, 5.74) is 1.86. The van der Waals surface area contributed by atoms with Gasteiger partial charge in [0.25, 0.3) is 0 Å². The lowest BCUT2D eigenvalue weighted by atomic mass is 10.2. The summed E-state index contributed by atoms with van der Waals surface area (Å²) in [4.78, 5) is 0. The zero-order chi connectivity index (χ0) is 14.2. The van der Waals surface area contributed by atoms with Gasteiger partial charge in [-0.1, -0.05) is 30.3 Å². The molecule has 0 atom stereocenters. The summed E-state index contributed by atoms with van der Waals surface area (Å²) in [5, 5.41) is 2.98. The van der Waals surface area contributed by atoms with Crippen LogP contribution in [-0.4, -0.2) is 13.8 Å². The monoisotopic (exact) mass is 275 g/mol. The van der Waals surface area contributed by atoms with Gasteiger partial charge in [-0.15, -0.1) is 0 Å². The van der Waals surface area contributed by atoms with Gasteiger partial charge in [-0.2, -0.15) is 0 Å². The van der Waals surface area contributed by atoms with Crippen molar-refractivity contribution in [1.29, 1.82) is 0 Å². The summed E-state index contributed by atoms with van der Waals surface area (Å²) in [6.07, 6.45) is 0. The Morgan fingerprint density at radius 1 is 1.10 bits per heavy atom. The number of rotatable bonds is 7. The topological polar surface area (TPSA) is 30.5 Å². The van der Waals surface area contributed by atoms with Crippen molar-refractivity contribution in [1.82, 2.24) is 5.32 Å². The zero-order valence-electron chi connectivity index (χ0n) is 11.4. The maximum Gasteiger partial charge on any atom is 0.189 e. The maximum absolute atomic E-state index is 13.2. The lowest BCUT2D eigenvalue weighted by Crippen LogP contribution is -2.09. The largest absolute Gasteiger partial charge is 0.467 e. The number of ether oxygens (including phenoxy) is 2. The number of halogens is 1. The second-order valence-corrected chi connectivity index (χ2v) is 4.38. The minimum absolute atomic E-state index is 0.136. The highest BCUT2D eigenvalue weighted by molar-refractivity contribution is 5.33. The fraction of sp³-hybridized carbons (Fsp3) is 0.250. The number of benzene rings is 2. The lowest BCUT2D eigenvalue weighted by Gasteiger charge is -2.11. The molecule has 2 rings (SSSR count). The van der Waals surface area contributed by atoms with Crippen molar-refractivity contribution in [3.05, 3.63) is 65.5 Å². The number of hydrogen-bond acceptors (Lipinski definition) is 3. The first-order valence-electron chi connectivity index (χ1n) is 6.47. The van der Waals surface area contributed by atoms with Crippen LogP contribution in [0.5, 0.6) is 5.75 Å². The first-order chi connectivity index (χ1) is 9.79. The molecule has 0 spiro atoms. The molecule has 0 unspecified atom stereocenters. The van der Waals surface area contributed by atoms with Gasteiger partial charge in [-0.05, 0) is 30.8 Å². The number of nitrogens with one attached hydrogen (secondary N) is 1. The Labute approximate surface area is 118 Å². The molecule has 4 heteroatoms. The van der Waals surface area contributed by atoms with E-state index in [9.17, 15) is 4.39 Å². The van der Waals surface area contributed by atoms with E-state index < -0.39 is 0 Å². The van der Waals surface area contributed by atoms with Crippen molar-refractivity contribution in [2.45, 2.75) is 13.2 Å². The van der Waals surface area contributed by atoms with Gasteiger partial charge in [0.2, 0.25) is 0 Å². The molecule has 0 radical (unpaired) electrons. The molecule has 2 aromatic carbocycles. The van der Waals surface area contributed by atoms with Crippen molar-refractivity contribution >= 4 is 0 Å². The van der Waals surface area contributed by atoms with Crippen LogP contribution < -0.4 is 10.1 Å². The van der Waals surface area contributed by atoms with Crippen molar-refractivity contribution in [2.75, 3.05) is 13.8 Å². The molecule has 3 nitrogen and oxygen atoms in total. The highest BCUT2D eigenvalue weighted by atomic mass is 19.1.